The zero-order valence-corrected chi connectivity index (χ0v) is 13.4. The fraction of sp³-hybridized carbons (Fsp3) is 0.529. The van der Waals surface area contributed by atoms with Crippen LogP contribution in [0.3, 0.4) is 0 Å². The van der Waals surface area contributed by atoms with E-state index >= 15 is 0 Å². The highest BCUT2D eigenvalue weighted by molar-refractivity contribution is 5.91. The average Bonchev–Trinajstić information content (AvgIpc) is 2.91. The molecule has 1 aliphatic heterocycles. The second-order valence-corrected chi connectivity index (χ2v) is 6.82. The minimum atomic E-state index is -1.03. The van der Waals surface area contributed by atoms with Crippen molar-refractivity contribution in [1.29, 1.82) is 0 Å². The molecule has 1 aromatic rings. The van der Waals surface area contributed by atoms with Crippen LogP contribution in [0.1, 0.15) is 39.2 Å². The summed E-state index contributed by atoms with van der Waals surface area (Å²) < 4.78 is 0. The lowest BCUT2D eigenvalue weighted by atomic mass is 9.71. The van der Waals surface area contributed by atoms with E-state index in [1.165, 1.54) is 4.90 Å². The zero-order valence-electron chi connectivity index (χ0n) is 13.4. The summed E-state index contributed by atoms with van der Waals surface area (Å²) in [4.78, 5) is 25.8. The van der Waals surface area contributed by atoms with E-state index in [1.54, 1.807) is 0 Å². The predicted molar refractivity (Wildman–Crippen MR) is 84.4 cm³/mol. The number of nitrogens with one attached hydrogen (secondary N) is 1. The van der Waals surface area contributed by atoms with E-state index in [1.807, 2.05) is 51.1 Å². The van der Waals surface area contributed by atoms with E-state index in [2.05, 4.69) is 5.32 Å². The Balaban J connectivity index is 2.23. The second-order valence-electron chi connectivity index (χ2n) is 6.82. The van der Waals surface area contributed by atoms with Gasteiger partial charge in [0.15, 0.2) is 0 Å². The number of hydrogen-bond acceptors (Lipinski definition) is 2. The summed E-state index contributed by atoms with van der Waals surface area (Å²) in [5.74, 6) is -0.205. The molecule has 2 amide bonds. The highest BCUT2D eigenvalue weighted by Crippen LogP contribution is 2.44. The Kier molecular flexibility index (Phi) is 4.44. The maximum atomic E-state index is 12.9. The topological polar surface area (TPSA) is 69.6 Å². The van der Waals surface area contributed by atoms with Crippen molar-refractivity contribution >= 4 is 12.0 Å². The molecule has 2 N–H and O–H groups in total. The number of carboxylic acid groups (broad SMARTS) is 1. The summed E-state index contributed by atoms with van der Waals surface area (Å²) in [7, 11) is 0. The molecule has 0 bridgehead atoms. The van der Waals surface area contributed by atoms with Gasteiger partial charge in [-0.15, -0.1) is 0 Å². The third kappa shape index (κ3) is 2.80. The minimum absolute atomic E-state index is 0.205. The van der Waals surface area contributed by atoms with Crippen LogP contribution in [-0.2, 0) is 11.3 Å². The molecule has 0 radical (unpaired) electrons. The van der Waals surface area contributed by atoms with Gasteiger partial charge in [0, 0.05) is 13.1 Å². The fourth-order valence-corrected chi connectivity index (χ4v) is 3.36. The molecule has 0 unspecified atom stereocenters. The molecule has 22 heavy (non-hydrogen) atoms. The number of nitrogens with zero attached hydrogens (tertiary/aromatic N) is 1. The molecule has 2 rings (SSSR count). The van der Waals surface area contributed by atoms with Crippen LogP contribution in [0, 0.1) is 5.41 Å². The van der Waals surface area contributed by atoms with Crippen LogP contribution in [0.5, 0.6) is 0 Å². The molecule has 0 spiro atoms. The average molecular weight is 304 g/mol. The Morgan fingerprint density at radius 3 is 2.45 bits per heavy atom. The SMILES string of the molecule is CC(C)(C)[C@@]1(C(=O)NCc2ccccc2)CCCN1C(=O)O. The van der Waals surface area contributed by atoms with Crippen LogP contribution >= 0.6 is 0 Å². The molecular weight excluding hydrogens is 280 g/mol. The quantitative estimate of drug-likeness (QED) is 0.902. The van der Waals surface area contributed by atoms with Crippen molar-refractivity contribution in [3.63, 3.8) is 0 Å². The van der Waals surface area contributed by atoms with E-state index in [9.17, 15) is 14.7 Å². The maximum absolute atomic E-state index is 12.9. The first-order chi connectivity index (χ1) is 10.3. The molecule has 0 aromatic heterocycles. The number of carbonyl (C=O) groups is 2. The second kappa shape index (κ2) is 5.99. The fourth-order valence-electron chi connectivity index (χ4n) is 3.36. The van der Waals surface area contributed by atoms with Crippen LogP contribution < -0.4 is 5.32 Å². The number of likely N-dealkylation sites (tertiary alicyclic amines) is 1. The molecular formula is C17H24N2O3. The molecule has 0 aliphatic carbocycles. The van der Waals surface area contributed by atoms with Gasteiger partial charge >= 0.3 is 6.09 Å². The van der Waals surface area contributed by atoms with E-state index in [0.717, 1.165) is 5.56 Å². The summed E-state index contributed by atoms with van der Waals surface area (Å²) in [6, 6.07) is 9.63. The lowest BCUT2D eigenvalue weighted by molar-refractivity contribution is -0.137. The van der Waals surface area contributed by atoms with Crippen LogP contribution in [0.25, 0.3) is 0 Å². The maximum Gasteiger partial charge on any atom is 0.408 e. The molecule has 5 nitrogen and oxygen atoms in total. The smallest absolute Gasteiger partial charge is 0.408 e. The first kappa shape index (κ1) is 16.3. The van der Waals surface area contributed by atoms with Crippen molar-refractivity contribution in [2.45, 2.75) is 45.7 Å². The van der Waals surface area contributed by atoms with Gasteiger partial charge in [0.05, 0.1) is 0 Å². The van der Waals surface area contributed by atoms with Crippen molar-refractivity contribution in [2.24, 2.45) is 5.41 Å². The van der Waals surface area contributed by atoms with Crippen molar-refractivity contribution in [2.75, 3.05) is 6.54 Å². The summed E-state index contributed by atoms with van der Waals surface area (Å²) in [6.45, 7) is 6.60. The van der Waals surface area contributed by atoms with Gasteiger partial charge in [-0.2, -0.15) is 0 Å². The molecule has 1 atom stereocenters. The Labute approximate surface area is 131 Å². The van der Waals surface area contributed by atoms with Crippen molar-refractivity contribution < 1.29 is 14.7 Å². The largest absolute Gasteiger partial charge is 0.465 e. The van der Waals surface area contributed by atoms with Crippen molar-refractivity contribution in [3.8, 4) is 0 Å². The summed E-state index contributed by atoms with van der Waals surface area (Å²) >= 11 is 0. The third-order valence-corrected chi connectivity index (χ3v) is 4.52. The lowest BCUT2D eigenvalue weighted by Gasteiger charge is -2.45. The van der Waals surface area contributed by atoms with E-state index < -0.39 is 17.0 Å². The van der Waals surface area contributed by atoms with Crippen LogP contribution in [0.4, 0.5) is 4.79 Å². The Morgan fingerprint density at radius 1 is 1.27 bits per heavy atom. The number of carbonyl (C=O) groups excluding carboxylic acids is 1. The number of amides is 2. The van der Waals surface area contributed by atoms with Crippen LogP contribution in [-0.4, -0.2) is 34.1 Å². The zero-order chi connectivity index (χ0) is 16.4. The summed E-state index contributed by atoms with van der Waals surface area (Å²) in [6.07, 6.45) is 0.244. The highest BCUT2D eigenvalue weighted by atomic mass is 16.4. The molecule has 1 aliphatic rings. The van der Waals surface area contributed by atoms with Gasteiger partial charge in [-0.25, -0.2) is 4.79 Å². The van der Waals surface area contributed by atoms with Gasteiger partial charge in [-0.05, 0) is 23.8 Å². The van der Waals surface area contributed by atoms with Gasteiger partial charge in [0.1, 0.15) is 5.54 Å². The molecule has 5 heteroatoms. The highest BCUT2D eigenvalue weighted by Gasteiger charge is 2.57. The Morgan fingerprint density at radius 2 is 1.91 bits per heavy atom. The Hall–Kier alpha value is -2.04. The van der Waals surface area contributed by atoms with Gasteiger partial charge in [-0.3, -0.25) is 9.69 Å². The Bertz CT molecular complexity index is 551. The van der Waals surface area contributed by atoms with Crippen LogP contribution in [0.15, 0.2) is 30.3 Å². The van der Waals surface area contributed by atoms with Gasteiger partial charge in [0.2, 0.25) is 5.91 Å². The summed E-state index contributed by atoms with van der Waals surface area (Å²) in [5, 5.41) is 12.4. The summed E-state index contributed by atoms with van der Waals surface area (Å²) in [5.41, 5.74) is -0.476. The van der Waals surface area contributed by atoms with E-state index in [4.69, 9.17) is 0 Å². The van der Waals surface area contributed by atoms with Crippen molar-refractivity contribution in [1.82, 2.24) is 10.2 Å². The third-order valence-electron chi connectivity index (χ3n) is 4.52. The number of hydrogen-bond donors (Lipinski definition) is 2. The molecule has 1 saturated heterocycles. The molecule has 1 fully saturated rings. The van der Waals surface area contributed by atoms with Crippen molar-refractivity contribution in [3.05, 3.63) is 35.9 Å². The van der Waals surface area contributed by atoms with E-state index in [0.29, 0.717) is 25.9 Å². The molecule has 0 saturated carbocycles. The molecule has 1 heterocycles. The van der Waals surface area contributed by atoms with E-state index in [-0.39, 0.29) is 5.91 Å². The van der Waals surface area contributed by atoms with Crippen LogP contribution in [0.2, 0.25) is 0 Å². The lowest BCUT2D eigenvalue weighted by Crippen LogP contribution is -2.63. The van der Waals surface area contributed by atoms with Gasteiger partial charge in [-0.1, -0.05) is 51.1 Å². The molecule has 120 valence electrons. The monoisotopic (exact) mass is 304 g/mol. The normalized spacial score (nSPS) is 21.7. The van der Waals surface area contributed by atoms with Gasteiger partial charge < -0.3 is 10.4 Å². The first-order valence-corrected chi connectivity index (χ1v) is 7.62. The number of benzene rings is 1. The number of rotatable bonds is 3. The minimum Gasteiger partial charge on any atom is -0.465 e. The predicted octanol–water partition coefficient (Wildman–Crippen LogP) is 2.86. The first-order valence-electron chi connectivity index (χ1n) is 7.62. The molecule has 1 aromatic carbocycles. The standard InChI is InChI=1S/C17H24N2O3/c1-16(2,3)17(10-7-11-19(17)15(21)22)14(20)18-12-13-8-5-4-6-9-13/h4-6,8-9H,7,10-12H2,1-3H3,(H,18,20)(H,21,22)/t17-/m0/s1. The van der Waals surface area contributed by atoms with Gasteiger partial charge in [0.25, 0.3) is 0 Å².